The molecule has 2 aromatic rings. The second kappa shape index (κ2) is 7.99. The summed E-state index contributed by atoms with van der Waals surface area (Å²) in [5.41, 5.74) is 2.55. The van der Waals surface area contributed by atoms with Crippen molar-refractivity contribution in [3.8, 4) is 0 Å². The van der Waals surface area contributed by atoms with Gasteiger partial charge in [0.25, 0.3) is 5.69 Å². The number of rotatable bonds is 6. The number of non-ortho nitro benzene ring substituents is 1. The van der Waals surface area contributed by atoms with Crippen molar-refractivity contribution in [2.24, 2.45) is 5.92 Å². The highest BCUT2D eigenvalue weighted by molar-refractivity contribution is 6.00. The van der Waals surface area contributed by atoms with Gasteiger partial charge in [0, 0.05) is 30.8 Å². The van der Waals surface area contributed by atoms with Crippen LogP contribution in [0, 0.1) is 16.0 Å². The minimum absolute atomic E-state index is 0.0169. The smallest absolute Gasteiger partial charge is 0.311 e. The molecule has 1 fully saturated rings. The first-order valence-corrected chi connectivity index (χ1v) is 8.77. The van der Waals surface area contributed by atoms with E-state index in [0.717, 1.165) is 17.7 Å². The molecule has 1 amide bonds. The molecule has 0 unspecified atom stereocenters. The van der Waals surface area contributed by atoms with E-state index in [4.69, 9.17) is 4.74 Å². The van der Waals surface area contributed by atoms with E-state index in [1.165, 1.54) is 12.1 Å². The molecule has 0 spiro atoms. The molecule has 1 saturated heterocycles. The third-order valence-corrected chi connectivity index (χ3v) is 4.65. The molecule has 2 aromatic carbocycles. The molecule has 0 radical (unpaired) electrons. The van der Waals surface area contributed by atoms with Crippen LogP contribution >= 0.6 is 0 Å². The Hall–Kier alpha value is -3.22. The summed E-state index contributed by atoms with van der Waals surface area (Å²) >= 11 is 0. The van der Waals surface area contributed by atoms with Crippen LogP contribution in [-0.2, 0) is 27.4 Å². The Morgan fingerprint density at radius 2 is 1.93 bits per heavy atom. The fourth-order valence-corrected chi connectivity index (χ4v) is 3.16. The molecule has 0 aromatic heterocycles. The Labute approximate surface area is 156 Å². The van der Waals surface area contributed by atoms with Crippen molar-refractivity contribution >= 4 is 23.3 Å². The number of para-hydroxylation sites is 1. The van der Waals surface area contributed by atoms with Crippen LogP contribution in [-0.4, -0.2) is 23.3 Å². The average Bonchev–Trinajstić information content (AvgIpc) is 3.08. The van der Waals surface area contributed by atoms with Crippen LogP contribution in [0.15, 0.2) is 48.5 Å². The maximum absolute atomic E-state index is 12.4. The van der Waals surface area contributed by atoms with Gasteiger partial charge in [-0.05, 0) is 35.7 Å². The fourth-order valence-electron chi connectivity index (χ4n) is 3.16. The maximum Gasteiger partial charge on any atom is 0.311 e. The number of benzene rings is 2. The molecule has 1 aliphatic rings. The number of carbonyl (C=O) groups is 2. The number of aryl methyl sites for hydroxylation is 1. The summed E-state index contributed by atoms with van der Waals surface area (Å²) in [6.07, 6.45) is 0.923. The van der Waals surface area contributed by atoms with Crippen molar-refractivity contribution in [3.63, 3.8) is 0 Å². The predicted molar refractivity (Wildman–Crippen MR) is 99.2 cm³/mol. The molecule has 1 heterocycles. The molecule has 3 rings (SSSR count). The van der Waals surface area contributed by atoms with Crippen molar-refractivity contribution < 1.29 is 19.2 Å². The van der Waals surface area contributed by atoms with Crippen molar-refractivity contribution in [1.29, 1.82) is 0 Å². The van der Waals surface area contributed by atoms with E-state index >= 15 is 0 Å². The van der Waals surface area contributed by atoms with Crippen molar-refractivity contribution in [2.45, 2.75) is 26.4 Å². The average molecular weight is 368 g/mol. The molecule has 1 aliphatic heterocycles. The van der Waals surface area contributed by atoms with Crippen LogP contribution in [0.2, 0.25) is 0 Å². The number of amides is 1. The van der Waals surface area contributed by atoms with Crippen LogP contribution in [0.3, 0.4) is 0 Å². The number of anilines is 1. The molecule has 7 nitrogen and oxygen atoms in total. The lowest BCUT2D eigenvalue weighted by molar-refractivity contribution is -0.384. The minimum atomic E-state index is -0.513. The summed E-state index contributed by atoms with van der Waals surface area (Å²) in [6, 6.07) is 13.5. The Balaban J connectivity index is 1.61. The van der Waals surface area contributed by atoms with Gasteiger partial charge in [0.15, 0.2) is 0 Å². The largest absolute Gasteiger partial charge is 0.461 e. The molecule has 140 valence electrons. The quantitative estimate of drug-likeness (QED) is 0.443. The first kappa shape index (κ1) is 18.6. The highest BCUT2D eigenvalue weighted by Gasteiger charge is 2.36. The molecule has 7 heteroatoms. The van der Waals surface area contributed by atoms with Gasteiger partial charge >= 0.3 is 5.97 Å². The first-order valence-electron chi connectivity index (χ1n) is 8.77. The lowest BCUT2D eigenvalue weighted by atomic mass is 10.1. The van der Waals surface area contributed by atoms with Crippen LogP contribution in [0.4, 0.5) is 11.4 Å². The Morgan fingerprint density at radius 3 is 2.59 bits per heavy atom. The molecule has 0 aliphatic carbocycles. The monoisotopic (exact) mass is 368 g/mol. The highest BCUT2D eigenvalue weighted by atomic mass is 16.6. The van der Waals surface area contributed by atoms with Gasteiger partial charge < -0.3 is 9.64 Å². The van der Waals surface area contributed by atoms with Gasteiger partial charge in [0.05, 0.1) is 10.8 Å². The molecular weight excluding hydrogens is 348 g/mol. The number of nitrogens with zero attached hydrogens (tertiary/aromatic N) is 2. The third-order valence-electron chi connectivity index (χ3n) is 4.65. The van der Waals surface area contributed by atoms with Crippen molar-refractivity contribution in [2.75, 3.05) is 11.4 Å². The van der Waals surface area contributed by atoms with E-state index in [0.29, 0.717) is 12.1 Å². The zero-order chi connectivity index (χ0) is 19.4. The number of hydrogen-bond donors (Lipinski definition) is 0. The SMILES string of the molecule is CCc1ccccc1N1C[C@H](C(=O)OCc2ccc([N+](=O)[O-])cc2)CC1=O. The highest BCUT2D eigenvalue weighted by Crippen LogP contribution is 2.29. The number of nitro groups is 1. The summed E-state index contributed by atoms with van der Waals surface area (Å²) in [7, 11) is 0. The van der Waals surface area contributed by atoms with E-state index < -0.39 is 16.8 Å². The molecular formula is C20H20N2O5. The standard InChI is InChI=1S/C20H20N2O5/c1-2-15-5-3-4-6-18(15)21-12-16(11-19(21)23)20(24)27-13-14-7-9-17(10-8-14)22(25)26/h3-10,16H,2,11-13H2,1H3/t16-/m1/s1. The normalized spacial score (nSPS) is 16.4. The van der Waals surface area contributed by atoms with Gasteiger partial charge in [0.1, 0.15) is 6.61 Å². The number of nitro benzene ring substituents is 1. The second-order valence-electron chi connectivity index (χ2n) is 6.42. The Bertz CT molecular complexity index is 863. The lowest BCUT2D eigenvalue weighted by Gasteiger charge is -2.19. The van der Waals surface area contributed by atoms with Gasteiger partial charge in [-0.2, -0.15) is 0 Å². The van der Waals surface area contributed by atoms with Gasteiger partial charge in [-0.3, -0.25) is 19.7 Å². The number of carbonyl (C=O) groups excluding carboxylic acids is 2. The first-order chi connectivity index (χ1) is 13.0. The molecule has 0 saturated carbocycles. The number of esters is 1. The Kier molecular flexibility index (Phi) is 5.49. The molecule has 1 atom stereocenters. The van der Waals surface area contributed by atoms with E-state index in [9.17, 15) is 19.7 Å². The van der Waals surface area contributed by atoms with E-state index in [2.05, 4.69) is 0 Å². The van der Waals surface area contributed by atoms with Crippen molar-refractivity contribution in [3.05, 3.63) is 69.8 Å². The zero-order valence-electron chi connectivity index (χ0n) is 15.0. The van der Waals surface area contributed by atoms with E-state index in [-0.39, 0.29) is 24.6 Å². The molecule has 27 heavy (non-hydrogen) atoms. The molecule has 0 N–H and O–H groups in total. The van der Waals surface area contributed by atoms with Crippen LogP contribution in [0.25, 0.3) is 0 Å². The van der Waals surface area contributed by atoms with Gasteiger partial charge in [-0.15, -0.1) is 0 Å². The molecule has 0 bridgehead atoms. The zero-order valence-corrected chi connectivity index (χ0v) is 15.0. The van der Waals surface area contributed by atoms with Gasteiger partial charge in [-0.25, -0.2) is 0 Å². The summed E-state index contributed by atoms with van der Waals surface area (Å²) in [5, 5.41) is 10.7. The summed E-state index contributed by atoms with van der Waals surface area (Å²) in [5.74, 6) is -1.04. The summed E-state index contributed by atoms with van der Waals surface area (Å²) in [4.78, 5) is 36.6. The maximum atomic E-state index is 12.4. The topological polar surface area (TPSA) is 89.8 Å². The fraction of sp³-hybridized carbons (Fsp3) is 0.300. The van der Waals surface area contributed by atoms with Crippen LogP contribution in [0.5, 0.6) is 0 Å². The number of ether oxygens (including phenoxy) is 1. The second-order valence-corrected chi connectivity index (χ2v) is 6.42. The minimum Gasteiger partial charge on any atom is -0.461 e. The lowest BCUT2D eigenvalue weighted by Crippen LogP contribution is -2.27. The Morgan fingerprint density at radius 1 is 1.22 bits per heavy atom. The van der Waals surface area contributed by atoms with Crippen LogP contribution < -0.4 is 4.90 Å². The summed E-state index contributed by atoms with van der Waals surface area (Å²) in [6.45, 7) is 2.34. The van der Waals surface area contributed by atoms with Crippen molar-refractivity contribution in [1.82, 2.24) is 0 Å². The van der Waals surface area contributed by atoms with Crippen LogP contribution in [0.1, 0.15) is 24.5 Å². The van der Waals surface area contributed by atoms with E-state index in [1.54, 1.807) is 17.0 Å². The third kappa shape index (κ3) is 4.13. The van der Waals surface area contributed by atoms with E-state index in [1.807, 2.05) is 31.2 Å². The predicted octanol–water partition coefficient (Wildman–Crippen LogP) is 3.25. The number of hydrogen-bond acceptors (Lipinski definition) is 5. The summed E-state index contributed by atoms with van der Waals surface area (Å²) < 4.78 is 5.31. The van der Waals surface area contributed by atoms with Gasteiger partial charge in [0.2, 0.25) is 5.91 Å². The van der Waals surface area contributed by atoms with Gasteiger partial charge in [-0.1, -0.05) is 25.1 Å².